The van der Waals surface area contributed by atoms with Crippen LogP contribution in [-0.4, -0.2) is 44.5 Å². The van der Waals surface area contributed by atoms with E-state index in [1.54, 1.807) is 23.6 Å². The maximum Gasteiger partial charge on any atom is 0.254 e. The molecule has 1 heterocycles. The van der Waals surface area contributed by atoms with E-state index in [1.807, 2.05) is 61.5 Å². The van der Waals surface area contributed by atoms with Crippen molar-refractivity contribution < 1.29 is 9.59 Å². The minimum atomic E-state index is -0.584. The number of carbonyl (C=O) groups excluding carboxylic acids is 2. The van der Waals surface area contributed by atoms with Crippen molar-refractivity contribution in [2.45, 2.75) is 37.2 Å². The molecule has 0 saturated heterocycles. The first-order valence-corrected chi connectivity index (χ1v) is 10.8. The fourth-order valence-corrected chi connectivity index (χ4v) is 3.68. The molecule has 0 radical (unpaired) electrons. The number of hydrogen-bond donors (Lipinski definition) is 2. The fraction of sp³-hybridized carbons (Fsp3) is 0.273. The van der Waals surface area contributed by atoms with Crippen LogP contribution in [-0.2, 0) is 10.5 Å². The third-order valence-electron chi connectivity index (χ3n) is 4.58. The number of hydrogen-bond acceptors (Lipinski definition) is 5. The number of benzene rings is 2. The van der Waals surface area contributed by atoms with Crippen molar-refractivity contribution in [3.05, 3.63) is 72.1 Å². The van der Waals surface area contributed by atoms with Crippen molar-refractivity contribution >= 4 is 29.3 Å². The Morgan fingerprint density at radius 2 is 1.87 bits per heavy atom. The number of anilines is 1. The lowest BCUT2D eigenvalue weighted by atomic mass is 10.1. The van der Waals surface area contributed by atoms with E-state index in [9.17, 15) is 9.59 Å². The summed E-state index contributed by atoms with van der Waals surface area (Å²) in [4.78, 5) is 31.5. The molecule has 0 spiro atoms. The minimum absolute atomic E-state index is 0.151. The van der Waals surface area contributed by atoms with Crippen LogP contribution in [0.2, 0.25) is 0 Å². The van der Waals surface area contributed by atoms with Crippen molar-refractivity contribution in [2.24, 2.45) is 0 Å². The lowest BCUT2D eigenvalue weighted by Gasteiger charge is -2.28. The van der Waals surface area contributed by atoms with Crippen LogP contribution in [0.1, 0.15) is 36.2 Å². The van der Waals surface area contributed by atoms with Gasteiger partial charge in [0, 0.05) is 23.5 Å². The van der Waals surface area contributed by atoms with Gasteiger partial charge in [-0.2, -0.15) is 5.10 Å². The molecule has 156 valence electrons. The number of nitrogens with one attached hydrogen (secondary N) is 2. The molecule has 1 aromatic heterocycles. The number of rotatable bonds is 9. The van der Waals surface area contributed by atoms with Gasteiger partial charge in [-0.25, -0.2) is 4.98 Å². The zero-order chi connectivity index (χ0) is 21.3. The van der Waals surface area contributed by atoms with Crippen LogP contribution in [0, 0.1) is 0 Å². The summed E-state index contributed by atoms with van der Waals surface area (Å²) >= 11 is 1.54. The second kappa shape index (κ2) is 10.6. The molecule has 0 aliphatic rings. The minimum Gasteiger partial charge on any atom is -0.327 e. The zero-order valence-electron chi connectivity index (χ0n) is 17.0. The first-order valence-electron chi connectivity index (χ1n) is 9.82. The van der Waals surface area contributed by atoms with Crippen LogP contribution in [0.3, 0.4) is 0 Å². The average molecular weight is 424 g/mol. The van der Waals surface area contributed by atoms with Crippen LogP contribution in [0.25, 0.3) is 0 Å². The van der Waals surface area contributed by atoms with E-state index in [0.29, 0.717) is 17.8 Å². The Kier molecular flexibility index (Phi) is 7.62. The molecule has 0 aliphatic heterocycles. The molecule has 8 heteroatoms. The number of nitrogens with zero attached hydrogens (tertiary/aromatic N) is 3. The molecule has 2 amide bonds. The molecule has 2 N–H and O–H groups in total. The van der Waals surface area contributed by atoms with Crippen molar-refractivity contribution in [1.82, 2.24) is 20.1 Å². The quantitative estimate of drug-likeness (QED) is 0.508. The Balaban J connectivity index is 1.65. The fourth-order valence-electron chi connectivity index (χ4n) is 2.95. The van der Waals surface area contributed by atoms with E-state index >= 15 is 0 Å². The van der Waals surface area contributed by atoms with Gasteiger partial charge >= 0.3 is 0 Å². The van der Waals surface area contributed by atoms with Gasteiger partial charge in [-0.1, -0.05) is 49.0 Å². The lowest BCUT2D eigenvalue weighted by molar-refractivity contribution is -0.120. The molecule has 0 aliphatic carbocycles. The van der Waals surface area contributed by atoms with E-state index in [2.05, 4.69) is 20.5 Å². The van der Waals surface area contributed by atoms with E-state index in [4.69, 9.17) is 0 Å². The molecule has 3 aromatic rings. The first-order chi connectivity index (χ1) is 14.6. The summed E-state index contributed by atoms with van der Waals surface area (Å²) in [7, 11) is 0. The second-order valence-corrected chi connectivity index (χ2v) is 7.77. The number of carbonyl (C=O) groups is 2. The number of amides is 2. The van der Waals surface area contributed by atoms with Crippen LogP contribution in [0.15, 0.2) is 66.1 Å². The van der Waals surface area contributed by atoms with Crippen molar-refractivity contribution in [3.8, 4) is 0 Å². The Morgan fingerprint density at radius 3 is 2.50 bits per heavy atom. The number of thioether (sulfide) groups is 1. The molecular formula is C22H25N5O2S. The van der Waals surface area contributed by atoms with Gasteiger partial charge in [-0.3, -0.25) is 14.7 Å². The summed E-state index contributed by atoms with van der Waals surface area (Å²) < 4.78 is 0. The van der Waals surface area contributed by atoms with Gasteiger partial charge in [0.05, 0.1) is 0 Å². The maximum atomic E-state index is 13.1. The normalized spacial score (nSPS) is 11.7. The Morgan fingerprint density at radius 1 is 1.13 bits per heavy atom. The molecule has 7 nitrogen and oxygen atoms in total. The Hall–Kier alpha value is -3.13. The Bertz CT molecular complexity index is 945. The van der Waals surface area contributed by atoms with Crippen LogP contribution < -0.4 is 5.32 Å². The van der Waals surface area contributed by atoms with Gasteiger partial charge in [0.2, 0.25) is 5.91 Å². The average Bonchev–Trinajstić information content (AvgIpc) is 3.30. The summed E-state index contributed by atoms with van der Waals surface area (Å²) in [5.74, 6) is 0.364. The number of aromatic amines is 1. The second-order valence-electron chi connectivity index (χ2n) is 6.81. The predicted octanol–water partition coefficient (Wildman–Crippen LogP) is 3.98. The van der Waals surface area contributed by atoms with Crippen molar-refractivity contribution in [2.75, 3.05) is 11.9 Å². The van der Waals surface area contributed by atoms with Gasteiger partial charge in [0.1, 0.15) is 12.4 Å². The highest BCUT2D eigenvalue weighted by Crippen LogP contribution is 2.19. The van der Waals surface area contributed by atoms with Crippen molar-refractivity contribution in [3.63, 3.8) is 0 Å². The molecule has 30 heavy (non-hydrogen) atoms. The summed E-state index contributed by atoms with van der Waals surface area (Å²) in [6.07, 6.45) is 2.24. The van der Waals surface area contributed by atoms with Crippen LogP contribution in [0.5, 0.6) is 0 Å². The maximum absolute atomic E-state index is 13.1. The van der Waals surface area contributed by atoms with Gasteiger partial charge < -0.3 is 10.2 Å². The molecule has 1 unspecified atom stereocenters. The highest BCUT2D eigenvalue weighted by atomic mass is 32.2. The summed E-state index contributed by atoms with van der Waals surface area (Å²) in [5.41, 5.74) is 2.35. The number of aromatic nitrogens is 3. The molecule has 0 bridgehead atoms. The molecule has 2 aromatic carbocycles. The van der Waals surface area contributed by atoms with Gasteiger partial charge in [-0.15, -0.1) is 0 Å². The summed E-state index contributed by atoms with van der Waals surface area (Å²) in [6, 6.07) is 16.1. The number of H-pyrrole nitrogens is 1. The van der Waals surface area contributed by atoms with E-state index < -0.39 is 6.04 Å². The van der Waals surface area contributed by atoms with E-state index in [-0.39, 0.29) is 11.8 Å². The molecule has 0 fully saturated rings. The lowest BCUT2D eigenvalue weighted by Crippen LogP contribution is -2.46. The molecule has 0 saturated carbocycles. The van der Waals surface area contributed by atoms with E-state index in [0.717, 1.165) is 22.9 Å². The van der Waals surface area contributed by atoms with Crippen molar-refractivity contribution in [1.29, 1.82) is 0 Å². The van der Waals surface area contributed by atoms with Gasteiger partial charge in [0.15, 0.2) is 5.16 Å². The summed E-state index contributed by atoms with van der Waals surface area (Å²) in [5, 5.41) is 10.3. The number of para-hydroxylation sites is 1. The molecule has 3 rings (SSSR count). The van der Waals surface area contributed by atoms with Gasteiger partial charge in [0.25, 0.3) is 5.91 Å². The highest BCUT2D eigenvalue weighted by Gasteiger charge is 2.26. The standard InChI is InChI=1S/C22H25N5O2S/c1-3-13-27(16(2)20(28)25-19-7-5-4-6-8-19)21(29)18-11-9-17(10-12-18)14-30-22-23-15-24-26-22/h4-12,15-16H,3,13-14H2,1-2H3,(H,25,28)(H,23,24,26). The third kappa shape index (κ3) is 5.70. The summed E-state index contributed by atoms with van der Waals surface area (Å²) in [6.45, 7) is 4.26. The van der Waals surface area contributed by atoms with E-state index in [1.165, 1.54) is 6.33 Å². The first kappa shape index (κ1) is 21.6. The largest absolute Gasteiger partial charge is 0.327 e. The van der Waals surface area contributed by atoms with Crippen LogP contribution >= 0.6 is 11.8 Å². The third-order valence-corrected chi connectivity index (χ3v) is 5.53. The van der Waals surface area contributed by atoms with Gasteiger partial charge in [-0.05, 0) is 43.2 Å². The molecular weight excluding hydrogens is 398 g/mol. The SMILES string of the molecule is CCCN(C(=O)c1ccc(CSc2ncn[nH]2)cc1)C(C)C(=O)Nc1ccccc1. The zero-order valence-corrected chi connectivity index (χ0v) is 17.9. The monoisotopic (exact) mass is 423 g/mol. The smallest absolute Gasteiger partial charge is 0.254 e. The highest BCUT2D eigenvalue weighted by molar-refractivity contribution is 7.98. The Labute approximate surface area is 180 Å². The predicted molar refractivity (Wildman–Crippen MR) is 118 cm³/mol. The molecule has 1 atom stereocenters. The topological polar surface area (TPSA) is 91.0 Å². The van der Waals surface area contributed by atoms with Crippen LogP contribution in [0.4, 0.5) is 5.69 Å².